The van der Waals surface area contributed by atoms with Crippen molar-refractivity contribution in [3.05, 3.63) is 77.1 Å². The van der Waals surface area contributed by atoms with Crippen LogP contribution in [-0.2, 0) is 20.3 Å². The molecule has 36 heavy (non-hydrogen) atoms. The van der Waals surface area contributed by atoms with Crippen molar-refractivity contribution in [3.63, 3.8) is 0 Å². The van der Waals surface area contributed by atoms with Crippen LogP contribution in [0.4, 0.5) is 0 Å². The first kappa shape index (κ1) is 25.7. The summed E-state index contributed by atoms with van der Waals surface area (Å²) in [4.78, 5) is 13.0. The molecule has 12 heteroatoms. The number of hydrogen-bond acceptors (Lipinski definition) is 9. The molecule has 0 saturated carbocycles. The van der Waals surface area contributed by atoms with E-state index in [1.807, 2.05) is 6.92 Å². The molecule has 0 aliphatic heterocycles. The summed E-state index contributed by atoms with van der Waals surface area (Å²) < 4.78 is 39.5. The molecule has 4 rings (SSSR count). The van der Waals surface area contributed by atoms with E-state index in [9.17, 15) is 8.42 Å². The van der Waals surface area contributed by atoms with Gasteiger partial charge in [-0.3, -0.25) is 4.57 Å². The molecule has 0 aliphatic carbocycles. The maximum Gasteiger partial charge on any atom is 0.213 e. The Hall–Kier alpha value is -3.41. The SMILES string of the molecule is COc1cccc(-c2nnc(CS(=O)(=O)[C@@H](C)[C@H](OC)c3ncc(C)cn3)n2-c2cccc(Cl)c2)n1. The van der Waals surface area contributed by atoms with E-state index < -0.39 is 26.9 Å². The normalized spacial score (nSPS) is 13.4. The molecule has 2 atom stereocenters. The van der Waals surface area contributed by atoms with Gasteiger partial charge in [0.25, 0.3) is 0 Å². The third kappa shape index (κ3) is 5.38. The van der Waals surface area contributed by atoms with Crippen LogP contribution in [0.25, 0.3) is 17.2 Å². The molecule has 0 fully saturated rings. The van der Waals surface area contributed by atoms with Crippen LogP contribution in [0.5, 0.6) is 5.88 Å². The Morgan fingerprint density at radius 3 is 2.44 bits per heavy atom. The van der Waals surface area contributed by atoms with Gasteiger partial charge in [-0.15, -0.1) is 10.2 Å². The molecule has 0 saturated heterocycles. The minimum atomic E-state index is -3.81. The highest BCUT2D eigenvalue weighted by Crippen LogP contribution is 2.29. The average molecular weight is 529 g/mol. The molecule has 0 bridgehead atoms. The summed E-state index contributed by atoms with van der Waals surface area (Å²) in [6.07, 6.45) is 2.38. The van der Waals surface area contributed by atoms with Crippen LogP contribution in [0, 0.1) is 6.92 Å². The topological polar surface area (TPSA) is 122 Å². The first-order chi connectivity index (χ1) is 17.2. The van der Waals surface area contributed by atoms with Gasteiger partial charge >= 0.3 is 0 Å². The molecule has 0 amide bonds. The van der Waals surface area contributed by atoms with Crippen LogP contribution >= 0.6 is 11.6 Å². The Morgan fingerprint density at radius 1 is 1.06 bits per heavy atom. The second-order valence-corrected chi connectivity index (χ2v) is 10.9. The zero-order valence-electron chi connectivity index (χ0n) is 20.2. The number of aromatic nitrogens is 6. The Bertz CT molecular complexity index is 1460. The fourth-order valence-corrected chi connectivity index (χ4v) is 5.28. The van der Waals surface area contributed by atoms with Crippen molar-refractivity contribution in [2.24, 2.45) is 0 Å². The number of ether oxygens (including phenoxy) is 2. The quantitative estimate of drug-likeness (QED) is 0.319. The molecule has 10 nitrogen and oxygen atoms in total. The first-order valence-corrected chi connectivity index (χ1v) is 13.1. The predicted octanol–water partition coefficient (Wildman–Crippen LogP) is 3.78. The van der Waals surface area contributed by atoms with Crippen molar-refractivity contribution in [1.82, 2.24) is 29.7 Å². The maximum atomic E-state index is 13.6. The largest absolute Gasteiger partial charge is 0.481 e. The number of rotatable bonds is 9. The van der Waals surface area contributed by atoms with Crippen LogP contribution in [-0.4, -0.2) is 57.6 Å². The van der Waals surface area contributed by atoms with Crippen LogP contribution in [0.2, 0.25) is 5.02 Å². The van der Waals surface area contributed by atoms with Gasteiger partial charge in [0.15, 0.2) is 27.3 Å². The smallest absolute Gasteiger partial charge is 0.213 e. The second kappa shape index (κ2) is 10.7. The molecular formula is C24H25ClN6O4S. The third-order valence-electron chi connectivity index (χ3n) is 5.59. The van der Waals surface area contributed by atoms with Gasteiger partial charge < -0.3 is 9.47 Å². The minimum absolute atomic E-state index is 0.198. The van der Waals surface area contributed by atoms with Crippen molar-refractivity contribution < 1.29 is 17.9 Å². The Balaban J connectivity index is 1.76. The third-order valence-corrected chi connectivity index (χ3v) is 7.87. The van der Waals surface area contributed by atoms with Crippen molar-refractivity contribution >= 4 is 21.4 Å². The van der Waals surface area contributed by atoms with Gasteiger partial charge in [0.1, 0.15) is 17.6 Å². The molecule has 0 spiro atoms. The Labute approximate surface area is 214 Å². The van der Waals surface area contributed by atoms with Crippen molar-refractivity contribution in [1.29, 1.82) is 0 Å². The summed E-state index contributed by atoms with van der Waals surface area (Å²) in [5.41, 5.74) is 1.91. The number of hydrogen-bond donors (Lipinski definition) is 0. The van der Waals surface area contributed by atoms with E-state index in [4.69, 9.17) is 21.1 Å². The van der Waals surface area contributed by atoms with E-state index in [1.54, 1.807) is 66.3 Å². The highest BCUT2D eigenvalue weighted by Gasteiger charge is 2.34. The Kier molecular flexibility index (Phi) is 7.62. The van der Waals surface area contributed by atoms with E-state index in [0.717, 1.165) is 5.56 Å². The monoisotopic (exact) mass is 528 g/mol. The van der Waals surface area contributed by atoms with Crippen molar-refractivity contribution in [2.75, 3.05) is 14.2 Å². The lowest BCUT2D eigenvalue weighted by Gasteiger charge is -2.21. The molecule has 0 unspecified atom stereocenters. The van der Waals surface area contributed by atoms with Crippen LogP contribution in [0.15, 0.2) is 54.9 Å². The van der Waals surface area contributed by atoms with Crippen LogP contribution < -0.4 is 4.74 Å². The fourth-order valence-electron chi connectivity index (χ4n) is 3.67. The lowest BCUT2D eigenvalue weighted by Crippen LogP contribution is -2.30. The standard InChI is InChI=1S/C24H25ClN6O4S/c1-15-12-26-23(27-13-15)22(35-4)16(2)36(32,33)14-20-29-30-24(19-9-6-10-21(28-19)34-3)31(20)18-8-5-7-17(25)11-18/h5-13,16,22H,14H2,1-4H3/t16-,22-/m0/s1. The Morgan fingerprint density at radius 2 is 1.78 bits per heavy atom. The van der Waals surface area contributed by atoms with Gasteiger partial charge in [-0.1, -0.05) is 23.7 Å². The summed E-state index contributed by atoms with van der Waals surface area (Å²) in [5, 5.41) is 8.02. The zero-order chi connectivity index (χ0) is 25.9. The highest BCUT2D eigenvalue weighted by molar-refractivity contribution is 7.91. The molecule has 188 valence electrons. The average Bonchev–Trinajstić information content (AvgIpc) is 3.28. The predicted molar refractivity (Wildman–Crippen MR) is 135 cm³/mol. The van der Waals surface area contributed by atoms with Crippen LogP contribution in [0.1, 0.15) is 30.2 Å². The van der Waals surface area contributed by atoms with Gasteiger partial charge in [-0.05, 0) is 43.7 Å². The fraction of sp³-hybridized carbons (Fsp3) is 0.292. The van der Waals surface area contributed by atoms with E-state index in [0.29, 0.717) is 28.1 Å². The van der Waals surface area contributed by atoms with E-state index in [1.165, 1.54) is 14.2 Å². The summed E-state index contributed by atoms with van der Waals surface area (Å²) in [7, 11) is -0.869. The molecule has 4 aromatic rings. The summed E-state index contributed by atoms with van der Waals surface area (Å²) in [5.74, 6) is 0.805. The number of aryl methyl sites for hydroxylation is 1. The van der Waals surface area contributed by atoms with Gasteiger partial charge in [-0.2, -0.15) is 0 Å². The van der Waals surface area contributed by atoms with E-state index in [2.05, 4.69) is 25.1 Å². The highest BCUT2D eigenvalue weighted by atomic mass is 35.5. The summed E-state index contributed by atoms with van der Waals surface area (Å²) in [6.45, 7) is 3.42. The molecule has 0 aliphatic rings. The number of methoxy groups -OCH3 is 2. The zero-order valence-corrected chi connectivity index (χ0v) is 21.7. The van der Waals surface area contributed by atoms with Gasteiger partial charge in [0.05, 0.1) is 18.0 Å². The first-order valence-electron chi connectivity index (χ1n) is 11.0. The molecule has 0 radical (unpaired) electrons. The number of benzene rings is 1. The molecule has 3 aromatic heterocycles. The lowest BCUT2D eigenvalue weighted by molar-refractivity contribution is 0.0947. The number of pyridine rings is 1. The molecule has 1 aromatic carbocycles. The van der Waals surface area contributed by atoms with Gasteiger partial charge in [-0.25, -0.2) is 23.4 Å². The van der Waals surface area contributed by atoms with Crippen LogP contribution in [0.3, 0.4) is 0 Å². The van der Waals surface area contributed by atoms with Crippen molar-refractivity contribution in [3.8, 4) is 23.1 Å². The van der Waals surface area contributed by atoms with Gasteiger partial charge in [0, 0.05) is 30.6 Å². The number of halogens is 1. The van der Waals surface area contributed by atoms with E-state index >= 15 is 0 Å². The van der Waals surface area contributed by atoms with Gasteiger partial charge in [0.2, 0.25) is 5.88 Å². The van der Waals surface area contributed by atoms with E-state index in [-0.39, 0.29) is 11.6 Å². The lowest BCUT2D eigenvalue weighted by atomic mass is 10.2. The summed E-state index contributed by atoms with van der Waals surface area (Å²) in [6, 6.07) is 12.2. The summed E-state index contributed by atoms with van der Waals surface area (Å²) >= 11 is 6.24. The molecule has 3 heterocycles. The number of nitrogens with zero attached hydrogens (tertiary/aromatic N) is 6. The van der Waals surface area contributed by atoms with Crippen molar-refractivity contribution in [2.45, 2.75) is 31.0 Å². The molecular weight excluding hydrogens is 504 g/mol. The molecule has 0 N–H and O–H groups in total. The number of sulfone groups is 1. The second-order valence-electron chi connectivity index (χ2n) is 8.11. The minimum Gasteiger partial charge on any atom is -0.481 e. The maximum absolute atomic E-state index is 13.6.